The molecular formula is C23H27N3O2S. The molecule has 0 aliphatic carbocycles. The molecule has 2 aromatic heterocycles. The van der Waals surface area contributed by atoms with Crippen LogP contribution in [0.4, 0.5) is 0 Å². The van der Waals surface area contributed by atoms with Crippen molar-refractivity contribution < 1.29 is 9.59 Å². The van der Waals surface area contributed by atoms with Crippen molar-refractivity contribution in [1.29, 1.82) is 0 Å². The second-order valence-electron chi connectivity index (χ2n) is 7.43. The van der Waals surface area contributed by atoms with Crippen molar-refractivity contribution in [2.45, 2.75) is 47.1 Å². The van der Waals surface area contributed by atoms with E-state index in [9.17, 15) is 9.59 Å². The van der Waals surface area contributed by atoms with Crippen LogP contribution in [0.25, 0.3) is 5.69 Å². The second kappa shape index (κ2) is 8.74. The molecule has 2 heterocycles. The minimum absolute atomic E-state index is 0.0320. The highest BCUT2D eigenvalue weighted by Crippen LogP contribution is 2.22. The van der Waals surface area contributed by atoms with E-state index in [1.807, 2.05) is 55.8 Å². The smallest absolute Gasteiger partial charge is 0.223 e. The Labute approximate surface area is 176 Å². The van der Waals surface area contributed by atoms with E-state index in [1.165, 1.54) is 11.3 Å². The Hall–Kier alpha value is -2.73. The van der Waals surface area contributed by atoms with Crippen molar-refractivity contribution in [1.82, 2.24) is 14.7 Å². The van der Waals surface area contributed by atoms with Crippen LogP contribution in [0.1, 0.15) is 49.9 Å². The third kappa shape index (κ3) is 4.65. The molecule has 3 rings (SSSR count). The van der Waals surface area contributed by atoms with Crippen LogP contribution in [0.3, 0.4) is 0 Å². The molecule has 0 atom stereocenters. The van der Waals surface area contributed by atoms with E-state index >= 15 is 0 Å². The molecule has 0 saturated heterocycles. The van der Waals surface area contributed by atoms with Gasteiger partial charge in [-0.1, -0.05) is 18.2 Å². The van der Waals surface area contributed by atoms with Crippen molar-refractivity contribution in [3.8, 4) is 5.69 Å². The third-order valence-electron chi connectivity index (χ3n) is 5.19. The standard InChI is InChI=1S/C23H27N3O2S/c1-15-8-6-7-9-20(15)26-18(4)19(17(3)24-26)14-25(5)23(28)13-11-21(27)22-12-10-16(2)29-22/h6-10,12H,11,13-14H2,1-5H3. The molecule has 0 fully saturated rings. The quantitative estimate of drug-likeness (QED) is 0.527. The maximum absolute atomic E-state index is 12.6. The Morgan fingerprint density at radius 3 is 2.41 bits per heavy atom. The van der Waals surface area contributed by atoms with Crippen LogP contribution in [0.2, 0.25) is 0 Å². The molecule has 0 unspecified atom stereocenters. The monoisotopic (exact) mass is 409 g/mol. The summed E-state index contributed by atoms with van der Waals surface area (Å²) in [5.41, 5.74) is 5.18. The molecule has 3 aromatic rings. The van der Waals surface area contributed by atoms with Crippen LogP contribution >= 0.6 is 11.3 Å². The number of thiophene rings is 1. The summed E-state index contributed by atoms with van der Waals surface area (Å²) in [4.78, 5) is 28.4. The van der Waals surface area contributed by atoms with Crippen molar-refractivity contribution in [3.05, 3.63) is 68.7 Å². The summed E-state index contributed by atoms with van der Waals surface area (Å²) < 4.78 is 1.95. The van der Waals surface area contributed by atoms with Crippen LogP contribution < -0.4 is 0 Å². The van der Waals surface area contributed by atoms with Crippen LogP contribution in [-0.2, 0) is 11.3 Å². The lowest BCUT2D eigenvalue weighted by molar-refractivity contribution is -0.130. The molecule has 152 valence electrons. The van der Waals surface area contributed by atoms with Gasteiger partial charge in [0.15, 0.2) is 5.78 Å². The summed E-state index contributed by atoms with van der Waals surface area (Å²) >= 11 is 1.48. The van der Waals surface area contributed by atoms with E-state index < -0.39 is 0 Å². The average molecular weight is 410 g/mol. The van der Waals surface area contributed by atoms with Crippen molar-refractivity contribution in [2.24, 2.45) is 0 Å². The Balaban J connectivity index is 1.67. The number of ketones is 1. The summed E-state index contributed by atoms with van der Waals surface area (Å²) in [5.74, 6) is -0.00125. The first-order chi connectivity index (χ1) is 13.8. The van der Waals surface area contributed by atoms with Gasteiger partial charge in [-0.15, -0.1) is 11.3 Å². The SMILES string of the molecule is Cc1ccc(C(=O)CCC(=O)N(C)Cc2c(C)nn(-c3ccccc3C)c2C)s1. The van der Waals surface area contributed by atoms with Gasteiger partial charge in [-0.2, -0.15) is 5.10 Å². The Morgan fingerprint density at radius 2 is 1.76 bits per heavy atom. The molecule has 0 radical (unpaired) electrons. The number of carbonyl (C=O) groups is 2. The van der Waals surface area contributed by atoms with Gasteiger partial charge in [0.1, 0.15) is 0 Å². The fourth-order valence-corrected chi connectivity index (χ4v) is 4.22. The van der Waals surface area contributed by atoms with Gasteiger partial charge >= 0.3 is 0 Å². The molecule has 0 saturated carbocycles. The zero-order chi connectivity index (χ0) is 21.1. The Kier molecular flexibility index (Phi) is 6.33. The van der Waals surface area contributed by atoms with E-state index in [2.05, 4.69) is 13.0 Å². The summed E-state index contributed by atoms with van der Waals surface area (Å²) in [6.45, 7) is 8.52. The summed E-state index contributed by atoms with van der Waals surface area (Å²) in [6.07, 6.45) is 0.458. The van der Waals surface area contributed by atoms with Gasteiger partial charge in [0.25, 0.3) is 0 Å². The fourth-order valence-electron chi connectivity index (χ4n) is 3.38. The first-order valence-corrected chi connectivity index (χ1v) is 10.5. The number of amides is 1. The molecule has 5 nitrogen and oxygen atoms in total. The number of hydrogen-bond acceptors (Lipinski definition) is 4. The van der Waals surface area contributed by atoms with E-state index in [1.54, 1.807) is 11.9 Å². The minimum atomic E-state index is -0.0333. The predicted octanol–water partition coefficient (Wildman–Crippen LogP) is 4.79. The van der Waals surface area contributed by atoms with Gasteiger partial charge in [-0.3, -0.25) is 9.59 Å². The number of aryl methyl sites for hydroxylation is 3. The van der Waals surface area contributed by atoms with E-state index in [0.717, 1.165) is 38.0 Å². The third-order valence-corrected chi connectivity index (χ3v) is 6.23. The zero-order valence-electron chi connectivity index (χ0n) is 17.7. The van der Waals surface area contributed by atoms with Crippen molar-refractivity contribution >= 4 is 23.0 Å². The van der Waals surface area contributed by atoms with Crippen molar-refractivity contribution in [2.75, 3.05) is 7.05 Å². The lowest BCUT2D eigenvalue weighted by atomic mass is 10.1. The Bertz CT molecular complexity index is 1050. The lowest BCUT2D eigenvalue weighted by Crippen LogP contribution is -2.27. The highest BCUT2D eigenvalue weighted by molar-refractivity contribution is 7.14. The maximum atomic E-state index is 12.6. The minimum Gasteiger partial charge on any atom is -0.341 e. The molecule has 1 aromatic carbocycles. The number of benzene rings is 1. The largest absolute Gasteiger partial charge is 0.341 e. The predicted molar refractivity (Wildman–Crippen MR) is 117 cm³/mol. The summed E-state index contributed by atoms with van der Waals surface area (Å²) in [7, 11) is 1.78. The average Bonchev–Trinajstić information content (AvgIpc) is 3.24. The van der Waals surface area contributed by atoms with Crippen molar-refractivity contribution in [3.63, 3.8) is 0 Å². The van der Waals surface area contributed by atoms with E-state index in [4.69, 9.17) is 5.10 Å². The number of hydrogen-bond donors (Lipinski definition) is 0. The summed E-state index contributed by atoms with van der Waals surface area (Å²) in [5, 5.41) is 4.70. The molecule has 0 aliphatic heterocycles. The summed E-state index contributed by atoms with van der Waals surface area (Å²) in [6, 6.07) is 11.9. The highest BCUT2D eigenvalue weighted by atomic mass is 32.1. The first kappa shape index (κ1) is 21.0. The molecule has 6 heteroatoms. The second-order valence-corrected chi connectivity index (χ2v) is 8.72. The first-order valence-electron chi connectivity index (χ1n) is 9.72. The van der Waals surface area contributed by atoms with Crippen LogP contribution in [0.5, 0.6) is 0 Å². The number of nitrogens with zero attached hydrogens (tertiary/aromatic N) is 3. The number of para-hydroxylation sites is 1. The molecule has 0 bridgehead atoms. The van der Waals surface area contributed by atoms with E-state index in [-0.39, 0.29) is 24.5 Å². The normalized spacial score (nSPS) is 10.9. The van der Waals surface area contributed by atoms with Gasteiger partial charge in [0.05, 0.1) is 16.3 Å². The number of Topliss-reactive ketones (excluding diaryl/α,β-unsaturated/α-hetero) is 1. The number of carbonyl (C=O) groups excluding carboxylic acids is 2. The van der Waals surface area contributed by atoms with Gasteiger partial charge in [-0.05, 0) is 51.5 Å². The maximum Gasteiger partial charge on any atom is 0.223 e. The lowest BCUT2D eigenvalue weighted by Gasteiger charge is -2.17. The Morgan fingerprint density at radius 1 is 1.03 bits per heavy atom. The van der Waals surface area contributed by atoms with Gasteiger partial charge in [0, 0.05) is 42.6 Å². The van der Waals surface area contributed by atoms with Gasteiger partial charge < -0.3 is 4.90 Å². The van der Waals surface area contributed by atoms with Crippen LogP contribution in [0.15, 0.2) is 36.4 Å². The molecule has 29 heavy (non-hydrogen) atoms. The fraction of sp³-hybridized carbons (Fsp3) is 0.348. The van der Waals surface area contributed by atoms with Gasteiger partial charge in [0.2, 0.25) is 5.91 Å². The highest BCUT2D eigenvalue weighted by Gasteiger charge is 2.19. The number of rotatable bonds is 7. The topological polar surface area (TPSA) is 55.2 Å². The molecule has 1 amide bonds. The van der Waals surface area contributed by atoms with Gasteiger partial charge in [-0.25, -0.2) is 4.68 Å². The molecular weight excluding hydrogens is 382 g/mol. The van der Waals surface area contributed by atoms with Crippen LogP contribution in [0, 0.1) is 27.7 Å². The number of aromatic nitrogens is 2. The zero-order valence-corrected chi connectivity index (χ0v) is 18.5. The molecule has 0 aliphatic rings. The molecule has 0 spiro atoms. The van der Waals surface area contributed by atoms with Crippen LogP contribution in [-0.4, -0.2) is 33.4 Å². The van der Waals surface area contributed by atoms with E-state index in [0.29, 0.717) is 6.54 Å². The molecule has 0 N–H and O–H groups in total.